The molecule has 0 saturated heterocycles. The van der Waals surface area contributed by atoms with Crippen LogP contribution in [0.15, 0.2) is 60.7 Å². The Labute approximate surface area is 210 Å². The van der Waals surface area contributed by atoms with Crippen molar-refractivity contribution in [2.45, 2.75) is 46.4 Å². The van der Waals surface area contributed by atoms with Crippen molar-refractivity contribution in [3.8, 4) is 0 Å². The third kappa shape index (κ3) is 3.28. The van der Waals surface area contributed by atoms with Crippen LogP contribution in [0.25, 0.3) is 0 Å². The molecule has 0 radical (unpaired) electrons. The Balaban J connectivity index is 1.85. The van der Waals surface area contributed by atoms with Crippen LogP contribution in [-0.2, 0) is 10.3 Å². The summed E-state index contributed by atoms with van der Waals surface area (Å²) < 4.78 is 6.47. The van der Waals surface area contributed by atoms with Gasteiger partial charge in [0.1, 0.15) is 8.07 Å². The summed E-state index contributed by atoms with van der Waals surface area (Å²) >= 11 is 0. The fourth-order valence-electron chi connectivity index (χ4n) is 6.19. The Morgan fingerprint density at radius 3 is 1.69 bits per heavy atom. The third-order valence-electron chi connectivity index (χ3n) is 8.14. The van der Waals surface area contributed by atoms with Gasteiger partial charge in [-0.1, -0.05) is 43.4 Å². The van der Waals surface area contributed by atoms with Gasteiger partial charge in [0.25, 0.3) is 0 Å². The van der Waals surface area contributed by atoms with E-state index in [9.17, 15) is 4.79 Å². The lowest BCUT2D eigenvalue weighted by atomic mass is 9.79. The molecular formula is C30H36N2O2Si. The number of anilines is 2. The van der Waals surface area contributed by atoms with Crippen molar-refractivity contribution >= 4 is 35.8 Å². The topological polar surface area (TPSA) is 32.8 Å². The maximum absolute atomic E-state index is 13.2. The summed E-state index contributed by atoms with van der Waals surface area (Å²) in [6.45, 7) is 17.5. The molecule has 0 fully saturated rings. The fraction of sp³-hybridized carbons (Fsp3) is 0.367. The first-order valence-corrected chi connectivity index (χ1v) is 16.0. The highest BCUT2D eigenvalue weighted by Gasteiger charge is 2.56. The molecule has 182 valence electrons. The third-order valence-corrected chi connectivity index (χ3v) is 11.7. The summed E-state index contributed by atoms with van der Waals surface area (Å²) in [5.74, 6) is -0.237. The van der Waals surface area contributed by atoms with E-state index in [1.807, 2.05) is 18.2 Å². The fourth-order valence-corrected chi connectivity index (χ4v) is 9.36. The van der Waals surface area contributed by atoms with Gasteiger partial charge in [-0.2, -0.15) is 0 Å². The van der Waals surface area contributed by atoms with Crippen molar-refractivity contribution in [2.24, 2.45) is 0 Å². The van der Waals surface area contributed by atoms with E-state index in [1.54, 1.807) is 0 Å². The second kappa shape index (κ2) is 8.56. The summed E-state index contributed by atoms with van der Waals surface area (Å²) in [7, 11) is -2.12. The highest BCUT2D eigenvalue weighted by Crippen LogP contribution is 2.49. The number of ether oxygens (including phenoxy) is 1. The van der Waals surface area contributed by atoms with E-state index in [-0.39, 0.29) is 5.97 Å². The number of nitrogens with zero attached hydrogens (tertiary/aromatic N) is 2. The van der Waals surface area contributed by atoms with Crippen LogP contribution >= 0.6 is 0 Å². The lowest BCUT2D eigenvalue weighted by molar-refractivity contribution is 0.0255. The second-order valence-corrected chi connectivity index (χ2v) is 14.4. The number of hydrogen-bond donors (Lipinski definition) is 0. The first-order chi connectivity index (χ1) is 16.8. The Morgan fingerprint density at radius 1 is 0.714 bits per heavy atom. The van der Waals surface area contributed by atoms with Gasteiger partial charge in [0.05, 0.1) is 5.56 Å². The molecule has 5 rings (SSSR count). The van der Waals surface area contributed by atoms with Gasteiger partial charge in [0.2, 0.25) is 0 Å². The first-order valence-electron chi connectivity index (χ1n) is 13.0. The van der Waals surface area contributed by atoms with E-state index < -0.39 is 13.7 Å². The van der Waals surface area contributed by atoms with Crippen LogP contribution < -0.4 is 20.2 Å². The Hall–Kier alpha value is -3.05. The van der Waals surface area contributed by atoms with Crippen LogP contribution in [0.1, 0.15) is 54.7 Å². The minimum atomic E-state index is -2.12. The number of carbonyl (C=O) groups excluding carboxylic acids is 1. The van der Waals surface area contributed by atoms with E-state index in [4.69, 9.17) is 4.74 Å². The molecule has 0 amide bonds. The minimum absolute atomic E-state index is 0.237. The maximum atomic E-state index is 13.2. The van der Waals surface area contributed by atoms with Gasteiger partial charge in [-0.25, -0.2) is 4.79 Å². The molecule has 0 saturated carbocycles. The van der Waals surface area contributed by atoms with Crippen molar-refractivity contribution in [3.05, 3.63) is 82.9 Å². The predicted molar refractivity (Wildman–Crippen MR) is 148 cm³/mol. The van der Waals surface area contributed by atoms with Crippen molar-refractivity contribution in [2.75, 3.05) is 36.0 Å². The van der Waals surface area contributed by atoms with Gasteiger partial charge in [0, 0.05) is 54.2 Å². The van der Waals surface area contributed by atoms with Gasteiger partial charge < -0.3 is 14.5 Å². The summed E-state index contributed by atoms with van der Waals surface area (Å²) in [4.78, 5) is 18.0. The maximum Gasteiger partial charge on any atom is 0.340 e. The van der Waals surface area contributed by atoms with E-state index in [2.05, 4.69) is 93.1 Å². The molecule has 4 nitrogen and oxygen atoms in total. The normalized spacial score (nSPS) is 16.3. The molecule has 0 aromatic heterocycles. The molecule has 35 heavy (non-hydrogen) atoms. The zero-order chi connectivity index (χ0) is 25.0. The van der Waals surface area contributed by atoms with E-state index >= 15 is 0 Å². The number of hydrogen-bond acceptors (Lipinski definition) is 4. The van der Waals surface area contributed by atoms with Crippen molar-refractivity contribution in [1.29, 1.82) is 0 Å². The summed E-state index contributed by atoms with van der Waals surface area (Å²) in [5.41, 5.74) is 5.48. The number of rotatable bonds is 6. The van der Waals surface area contributed by atoms with E-state index in [1.165, 1.54) is 21.7 Å². The van der Waals surface area contributed by atoms with Crippen LogP contribution in [-0.4, -0.2) is 40.2 Å². The Morgan fingerprint density at radius 2 is 1.20 bits per heavy atom. The molecule has 3 aromatic rings. The highest BCUT2D eigenvalue weighted by molar-refractivity contribution is 7.01. The summed E-state index contributed by atoms with van der Waals surface area (Å²) in [6.07, 6.45) is 0. The van der Waals surface area contributed by atoms with Crippen LogP contribution in [0.2, 0.25) is 13.1 Å². The van der Waals surface area contributed by atoms with Gasteiger partial charge in [0.15, 0.2) is 5.60 Å². The van der Waals surface area contributed by atoms with Crippen LogP contribution in [0.4, 0.5) is 11.4 Å². The molecule has 3 aromatic carbocycles. The molecule has 1 spiro atoms. The van der Waals surface area contributed by atoms with Crippen molar-refractivity contribution in [3.63, 3.8) is 0 Å². The molecule has 2 aliphatic rings. The quantitative estimate of drug-likeness (QED) is 0.365. The average Bonchev–Trinajstić information content (AvgIpc) is 3.18. The zero-order valence-electron chi connectivity index (χ0n) is 21.8. The molecule has 0 atom stereocenters. The highest BCUT2D eigenvalue weighted by atomic mass is 28.3. The van der Waals surface area contributed by atoms with Crippen molar-refractivity contribution < 1.29 is 9.53 Å². The van der Waals surface area contributed by atoms with Gasteiger partial charge in [-0.05, 0) is 68.4 Å². The monoisotopic (exact) mass is 484 g/mol. The minimum Gasteiger partial charge on any atom is -0.441 e. The number of carbonyl (C=O) groups is 1. The smallest absolute Gasteiger partial charge is 0.340 e. The lowest BCUT2D eigenvalue weighted by Gasteiger charge is -2.44. The number of esters is 1. The molecule has 0 bridgehead atoms. The molecule has 2 aliphatic heterocycles. The number of benzene rings is 3. The summed E-state index contributed by atoms with van der Waals surface area (Å²) in [6, 6.07) is 21.6. The van der Waals surface area contributed by atoms with Crippen molar-refractivity contribution in [1.82, 2.24) is 0 Å². The Kier molecular flexibility index (Phi) is 5.79. The van der Waals surface area contributed by atoms with Gasteiger partial charge in [-0.3, -0.25) is 0 Å². The average molecular weight is 485 g/mol. The molecular weight excluding hydrogens is 448 g/mol. The molecule has 0 N–H and O–H groups in total. The predicted octanol–water partition coefficient (Wildman–Crippen LogP) is 4.98. The Bertz CT molecular complexity index is 1230. The van der Waals surface area contributed by atoms with Crippen LogP contribution in [0.5, 0.6) is 0 Å². The molecule has 5 heteroatoms. The largest absolute Gasteiger partial charge is 0.441 e. The zero-order valence-corrected chi connectivity index (χ0v) is 22.8. The van der Waals surface area contributed by atoms with E-state index in [0.29, 0.717) is 5.56 Å². The second-order valence-electron chi connectivity index (χ2n) is 10.0. The lowest BCUT2D eigenvalue weighted by Crippen LogP contribution is -2.63. The molecule has 0 unspecified atom stereocenters. The van der Waals surface area contributed by atoms with Crippen LogP contribution in [0, 0.1) is 0 Å². The van der Waals surface area contributed by atoms with Gasteiger partial charge in [-0.15, -0.1) is 0 Å². The first kappa shape index (κ1) is 23.7. The summed E-state index contributed by atoms with van der Waals surface area (Å²) in [5, 5.41) is 2.71. The van der Waals surface area contributed by atoms with Gasteiger partial charge >= 0.3 is 5.97 Å². The van der Waals surface area contributed by atoms with E-state index in [0.717, 1.165) is 42.9 Å². The number of fused-ring (bicyclic) bond motifs is 6. The van der Waals surface area contributed by atoms with Crippen LogP contribution in [0.3, 0.4) is 0 Å². The molecule has 2 heterocycles. The standard InChI is InChI=1S/C30H36N2O2Si/c1-7-31(8-2)21-15-17-25-27(19-21)35(5,6)28-20-22(32(9-3)10-4)16-18-26(28)30(25)24-14-12-11-13-23(24)29(33)34-30/h11-20H,7-10H2,1-6H3. The SMILES string of the molecule is CCN(CC)c1ccc2c(c1)[Si](C)(C)c1cc(N(CC)CC)ccc1C21OC(=O)c2ccccc21. The molecule has 0 aliphatic carbocycles.